The first kappa shape index (κ1) is 12.7. The van der Waals surface area contributed by atoms with Gasteiger partial charge in [-0.3, -0.25) is 9.59 Å². The molecule has 1 atom stereocenters. The van der Waals surface area contributed by atoms with Crippen LogP contribution in [0.1, 0.15) is 26.2 Å². The van der Waals surface area contributed by atoms with E-state index in [4.69, 9.17) is 11.6 Å². The van der Waals surface area contributed by atoms with Crippen molar-refractivity contribution in [3.63, 3.8) is 0 Å². The molecular formula is C12H19ClN2O2. The molecule has 4 nitrogen and oxygen atoms in total. The molecule has 0 aromatic heterocycles. The third-order valence-electron chi connectivity index (χ3n) is 3.60. The SMILES string of the molecule is CC(=O)N(CC1CCN(C(=O)CCl)C1)C1CC1. The fraction of sp³-hybridized carbons (Fsp3) is 0.833. The molecule has 1 aliphatic carbocycles. The van der Waals surface area contributed by atoms with E-state index in [0.717, 1.165) is 38.9 Å². The molecule has 0 bridgehead atoms. The van der Waals surface area contributed by atoms with Crippen molar-refractivity contribution >= 4 is 23.4 Å². The van der Waals surface area contributed by atoms with Crippen molar-refractivity contribution < 1.29 is 9.59 Å². The molecule has 1 unspecified atom stereocenters. The molecule has 1 heterocycles. The third kappa shape index (κ3) is 3.12. The van der Waals surface area contributed by atoms with E-state index in [1.54, 1.807) is 6.92 Å². The lowest BCUT2D eigenvalue weighted by Gasteiger charge is -2.24. The number of likely N-dealkylation sites (tertiary alicyclic amines) is 1. The summed E-state index contributed by atoms with van der Waals surface area (Å²) in [5, 5.41) is 0. The van der Waals surface area contributed by atoms with Crippen LogP contribution in [0, 0.1) is 5.92 Å². The minimum absolute atomic E-state index is 0.00923. The highest BCUT2D eigenvalue weighted by Gasteiger charge is 2.34. The van der Waals surface area contributed by atoms with Crippen LogP contribution < -0.4 is 0 Å². The van der Waals surface area contributed by atoms with Gasteiger partial charge in [-0.05, 0) is 25.2 Å². The third-order valence-corrected chi connectivity index (χ3v) is 3.83. The minimum Gasteiger partial charge on any atom is -0.341 e. The highest BCUT2D eigenvalue weighted by molar-refractivity contribution is 6.27. The molecule has 96 valence electrons. The molecule has 0 aromatic rings. The number of nitrogens with zero attached hydrogens (tertiary/aromatic N) is 2. The lowest BCUT2D eigenvalue weighted by molar-refractivity contribution is -0.130. The van der Waals surface area contributed by atoms with Gasteiger partial charge in [0.05, 0.1) is 0 Å². The lowest BCUT2D eigenvalue weighted by atomic mass is 10.1. The first-order valence-corrected chi connectivity index (χ1v) is 6.76. The van der Waals surface area contributed by atoms with Gasteiger partial charge in [0.25, 0.3) is 0 Å². The molecule has 0 aromatic carbocycles. The zero-order valence-electron chi connectivity index (χ0n) is 10.2. The topological polar surface area (TPSA) is 40.6 Å². The van der Waals surface area contributed by atoms with Crippen LogP contribution in [0.2, 0.25) is 0 Å². The van der Waals surface area contributed by atoms with Crippen molar-refractivity contribution in [3.8, 4) is 0 Å². The Labute approximate surface area is 107 Å². The minimum atomic E-state index is 0.00923. The zero-order chi connectivity index (χ0) is 12.4. The monoisotopic (exact) mass is 258 g/mol. The van der Waals surface area contributed by atoms with E-state index >= 15 is 0 Å². The molecule has 5 heteroatoms. The van der Waals surface area contributed by atoms with Crippen LogP contribution in [0.15, 0.2) is 0 Å². The molecule has 1 aliphatic heterocycles. The summed E-state index contributed by atoms with van der Waals surface area (Å²) in [6, 6.07) is 0.463. The van der Waals surface area contributed by atoms with Gasteiger partial charge < -0.3 is 9.80 Å². The number of carbonyl (C=O) groups excluding carboxylic acids is 2. The number of carbonyl (C=O) groups is 2. The van der Waals surface area contributed by atoms with Crippen LogP contribution in [0.3, 0.4) is 0 Å². The Kier molecular flexibility index (Phi) is 3.92. The van der Waals surface area contributed by atoms with Gasteiger partial charge in [0.15, 0.2) is 0 Å². The van der Waals surface area contributed by atoms with Gasteiger partial charge in [-0.15, -0.1) is 11.6 Å². The molecule has 0 spiro atoms. The highest BCUT2D eigenvalue weighted by Crippen LogP contribution is 2.29. The molecule has 2 aliphatic rings. The maximum atomic E-state index is 11.5. The normalized spacial score (nSPS) is 23.9. The van der Waals surface area contributed by atoms with Gasteiger partial charge in [0, 0.05) is 32.6 Å². The van der Waals surface area contributed by atoms with Crippen molar-refractivity contribution in [1.82, 2.24) is 9.80 Å². The number of hydrogen-bond donors (Lipinski definition) is 0. The molecule has 0 N–H and O–H groups in total. The van der Waals surface area contributed by atoms with E-state index in [2.05, 4.69) is 0 Å². The Balaban J connectivity index is 1.84. The van der Waals surface area contributed by atoms with Crippen LogP contribution in [-0.2, 0) is 9.59 Å². The number of alkyl halides is 1. The Morgan fingerprint density at radius 2 is 2.06 bits per heavy atom. The lowest BCUT2D eigenvalue weighted by Crippen LogP contribution is -2.37. The van der Waals surface area contributed by atoms with Crippen LogP contribution in [0.4, 0.5) is 0 Å². The van der Waals surface area contributed by atoms with Crippen LogP contribution >= 0.6 is 11.6 Å². The highest BCUT2D eigenvalue weighted by atomic mass is 35.5. The predicted octanol–water partition coefficient (Wildman–Crippen LogP) is 1.08. The first-order chi connectivity index (χ1) is 8.11. The molecule has 2 amide bonds. The summed E-state index contributed by atoms with van der Waals surface area (Å²) in [5.74, 6) is 0.655. The molecule has 17 heavy (non-hydrogen) atoms. The first-order valence-electron chi connectivity index (χ1n) is 6.22. The Bertz CT molecular complexity index is 318. The van der Waals surface area contributed by atoms with E-state index in [1.165, 1.54) is 0 Å². The Morgan fingerprint density at radius 1 is 1.35 bits per heavy atom. The second-order valence-corrected chi connectivity index (χ2v) is 5.30. The summed E-state index contributed by atoms with van der Waals surface area (Å²) in [7, 11) is 0. The van der Waals surface area contributed by atoms with Gasteiger partial charge in [-0.25, -0.2) is 0 Å². The van der Waals surface area contributed by atoms with Crippen molar-refractivity contribution in [1.29, 1.82) is 0 Å². The van der Waals surface area contributed by atoms with E-state index in [1.807, 2.05) is 9.80 Å². The van der Waals surface area contributed by atoms with E-state index in [9.17, 15) is 9.59 Å². The summed E-state index contributed by atoms with van der Waals surface area (Å²) in [6.07, 6.45) is 3.26. The molecule has 2 rings (SSSR count). The molecule has 2 fully saturated rings. The standard InChI is InChI=1S/C12H19ClN2O2/c1-9(16)15(11-2-3-11)8-10-4-5-14(7-10)12(17)6-13/h10-11H,2-8H2,1H3. The average Bonchev–Trinajstić information content (AvgIpc) is 3.03. The predicted molar refractivity (Wildman–Crippen MR) is 65.8 cm³/mol. The summed E-state index contributed by atoms with van der Waals surface area (Å²) >= 11 is 5.54. The number of halogens is 1. The maximum Gasteiger partial charge on any atom is 0.237 e. The van der Waals surface area contributed by atoms with E-state index in [-0.39, 0.29) is 17.7 Å². The summed E-state index contributed by atoms with van der Waals surface area (Å²) in [6.45, 7) is 3.97. The number of amides is 2. The maximum absolute atomic E-state index is 11.5. The van der Waals surface area contributed by atoms with Crippen LogP contribution in [-0.4, -0.2) is 53.2 Å². The number of hydrogen-bond acceptors (Lipinski definition) is 2. The molecule has 1 saturated heterocycles. The van der Waals surface area contributed by atoms with Gasteiger partial charge >= 0.3 is 0 Å². The van der Waals surface area contributed by atoms with Crippen molar-refractivity contribution in [3.05, 3.63) is 0 Å². The van der Waals surface area contributed by atoms with Gasteiger partial charge in [0.2, 0.25) is 11.8 Å². The van der Waals surface area contributed by atoms with Gasteiger partial charge in [0.1, 0.15) is 5.88 Å². The molecule has 0 radical (unpaired) electrons. The molecule has 1 saturated carbocycles. The van der Waals surface area contributed by atoms with E-state index in [0.29, 0.717) is 12.0 Å². The van der Waals surface area contributed by atoms with Crippen molar-refractivity contribution in [2.24, 2.45) is 5.92 Å². The fourth-order valence-corrected chi connectivity index (χ4v) is 2.66. The zero-order valence-corrected chi connectivity index (χ0v) is 10.9. The smallest absolute Gasteiger partial charge is 0.237 e. The Hall–Kier alpha value is -0.770. The largest absolute Gasteiger partial charge is 0.341 e. The molecular weight excluding hydrogens is 240 g/mol. The average molecular weight is 259 g/mol. The summed E-state index contributed by atoms with van der Waals surface area (Å²) in [5.41, 5.74) is 0. The van der Waals surface area contributed by atoms with E-state index < -0.39 is 0 Å². The summed E-state index contributed by atoms with van der Waals surface area (Å²) < 4.78 is 0. The van der Waals surface area contributed by atoms with Gasteiger partial charge in [-0.2, -0.15) is 0 Å². The van der Waals surface area contributed by atoms with Crippen LogP contribution in [0.25, 0.3) is 0 Å². The summed E-state index contributed by atoms with van der Waals surface area (Å²) in [4.78, 5) is 26.7. The number of rotatable bonds is 4. The quantitative estimate of drug-likeness (QED) is 0.708. The van der Waals surface area contributed by atoms with Crippen molar-refractivity contribution in [2.75, 3.05) is 25.5 Å². The Morgan fingerprint density at radius 3 is 2.59 bits per heavy atom. The fourth-order valence-electron chi connectivity index (χ4n) is 2.49. The van der Waals surface area contributed by atoms with Crippen molar-refractivity contribution in [2.45, 2.75) is 32.2 Å². The van der Waals surface area contributed by atoms with Crippen LogP contribution in [0.5, 0.6) is 0 Å². The van der Waals surface area contributed by atoms with Gasteiger partial charge in [-0.1, -0.05) is 0 Å². The second-order valence-electron chi connectivity index (χ2n) is 5.03. The second kappa shape index (κ2) is 5.25.